The molecule has 0 heterocycles. The van der Waals surface area contributed by atoms with Gasteiger partial charge in [-0.15, -0.1) is 0 Å². The number of esters is 3. The fraction of sp³-hybridized carbons (Fsp3) is 0.956. The quantitative estimate of drug-likeness (QED) is 0.0343. The van der Waals surface area contributed by atoms with Crippen LogP contribution in [-0.4, -0.2) is 37.2 Å². The fourth-order valence-corrected chi connectivity index (χ4v) is 10.7. The zero-order valence-corrected chi connectivity index (χ0v) is 50.7. The minimum atomic E-state index is -0.762. The molecule has 6 heteroatoms. The van der Waals surface area contributed by atoms with Crippen molar-refractivity contribution in [3.8, 4) is 0 Å². The van der Waals surface area contributed by atoms with Gasteiger partial charge in [0, 0.05) is 19.3 Å². The lowest BCUT2D eigenvalue weighted by molar-refractivity contribution is -0.167. The van der Waals surface area contributed by atoms with Gasteiger partial charge in [0.15, 0.2) is 6.10 Å². The molecule has 6 nitrogen and oxygen atoms in total. The lowest BCUT2D eigenvalue weighted by atomic mass is 10.0. The van der Waals surface area contributed by atoms with Crippen LogP contribution in [0.25, 0.3) is 0 Å². The molecule has 0 N–H and O–H groups in total. The van der Waals surface area contributed by atoms with E-state index in [2.05, 4.69) is 20.8 Å². The Morgan fingerprint density at radius 3 is 0.541 bits per heavy atom. The maximum atomic E-state index is 12.9. The second kappa shape index (κ2) is 63.9. The van der Waals surface area contributed by atoms with Gasteiger partial charge in [-0.25, -0.2) is 0 Å². The van der Waals surface area contributed by atoms with E-state index in [0.29, 0.717) is 19.3 Å². The second-order valence-electron chi connectivity index (χ2n) is 23.5. The van der Waals surface area contributed by atoms with Gasteiger partial charge in [0.1, 0.15) is 13.2 Å². The van der Waals surface area contributed by atoms with E-state index in [1.165, 1.54) is 302 Å². The van der Waals surface area contributed by atoms with Crippen molar-refractivity contribution in [3.63, 3.8) is 0 Å². The lowest BCUT2D eigenvalue weighted by Gasteiger charge is -2.18. The third kappa shape index (κ3) is 61.3. The Bertz CT molecular complexity index is 1110. The number of rotatable bonds is 64. The molecule has 0 saturated heterocycles. The first-order valence-corrected chi connectivity index (χ1v) is 34.0. The second-order valence-corrected chi connectivity index (χ2v) is 23.5. The normalized spacial score (nSPS) is 11.9. The average Bonchev–Trinajstić information content (AvgIpc) is 3.40. The molecule has 0 aromatic carbocycles. The van der Waals surface area contributed by atoms with E-state index >= 15 is 0 Å². The predicted molar refractivity (Wildman–Crippen MR) is 321 cm³/mol. The Hall–Kier alpha value is -1.59. The minimum absolute atomic E-state index is 0.0607. The highest BCUT2D eigenvalue weighted by atomic mass is 16.6. The van der Waals surface area contributed by atoms with Crippen LogP contribution >= 0.6 is 0 Å². The predicted octanol–water partition coefficient (Wildman–Crippen LogP) is 23.1. The van der Waals surface area contributed by atoms with Crippen molar-refractivity contribution in [1.29, 1.82) is 0 Å². The van der Waals surface area contributed by atoms with E-state index in [9.17, 15) is 14.4 Å². The van der Waals surface area contributed by atoms with Crippen molar-refractivity contribution in [2.45, 2.75) is 406 Å². The molecule has 0 saturated carbocycles. The van der Waals surface area contributed by atoms with E-state index in [0.717, 1.165) is 57.8 Å². The Morgan fingerprint density at radius 1 is 0.216 bits per heavy atom. The molecule has 0 aliphatic rings. The van der Waals surface area contributed by atoms with Crippen LogP contribution in [0.4, 0.5) is 0 Å². The third-order valence-corrected chi connectivity index (χ3v) is 15.9. The summed E-state index contributed by atoms with van der Waals surface area (Å²) >= 11 is 0. The molecule has 0 aromatic rings. The molecule has 0 amide bonds. The fourth-order valence-electron chi connectivity index (χ4n) is 10.7. The highest BCUT2D eigenvalue weighted by Crippen LogP contribution is 2.19. The van der Waals surface area contributed by atoms with E-state index in [1.54, 1.807) is 0 Å². The standard InChI is InChI=1S/C68H132O6/c1-4-7-10-13-16-19-22-24-26-28-30-32-33-34-35-36-37-39-40-42-44-46-49-52-55-58-61-67(70)73-64-65(63-72-66(69)60-57-54-51-48-21-18-15-12-9-6-3)74-68(71)62-59-56-53-50-47-45-43-41-38-31-29-27-25-23-20-17-14-11-8-5-2/h65H,4-64H2,1-3H3. The summed E-state index contributed by atoms with van der Waals surface area (Å²) in [5.41, 5.74) is 0. The van der Waals surface area contributed by atoms with Gasteiger partial charge >= 0.3 is 17.9 Å². The first kappa shape index (κ1) is 72.4. The molecular formula is C68H132O6. The van der Waals surface area contributed by atoms with Crippen molar-refractivity contribution in [3.05, 3.63) is 0 Å². The van der Waals surface area contributed by atoms with Gasteiger partial charge < -0.3 is 14.2 Å². The number of carbonyl (C=O) groups excluding carboxylic acids is 3. The maximum absolute atomic E-state index is 12.9. The molecule has 1 atom stereocenters. The molecule has 0 aromatic heterocycles. The van der Waals surface area contributed by atoms with Gasteiger partial charge in [-0.2, -0.15) is 0 Å². The Balaban J connectivity index is 4.11. The van der Waals surface area contributed by atoms with E-state index < -0.39 is 6.10 Å². The van der Waals surface area contributed by atoms with Crippen LogP contribution < -0.4 is 0 Å². The first-order valence-electron chi connectivity index (χ1n) is 34.0. The Morgan fingerprint density at radius 2 is 0.365 bits per heavy atom. The minimum Gasteiger partial charge on any atom is -0.462 e. The third-order valence-electron chi connectivity index (χ3n) is 15.9. The summed E-state index contributed by atoms with van der Waals surface area (Å²) in [6, 6.07) is 0. The van der Waals surface area contributed by atoms with Crippen LogP contribution in [0, 0.1) is 0 Å². The van der Waals surface area contributed by atoms with E-state index in [4.69, 9.17) is 14.2 Å². The van der Waals surface area contributed by atoms with Crippen LogP contribution in [0.3, 0.4) is 0 Å². The van der Waals surface area contributed by atoms with Crippen LogP contribution in [0.1, 0.15) is 400 Å². The summed E-state index contributed by atoms with van der Waals surface area (Å²) < 4.78 is 16.9. The maximum Gasteiger partial charge on any atom is 0.306 e. The molecule has 0 radical (unpaired) electrons. The summed E-state index contributed by atoms with van der Waals surface area (Å²) in [4.78, 5) is 38.3. The summed E-state index contributed by atoms with van der Waals surface area (Å²) in [6.07, 6.45) is 74.2. The van der Waals surface area contributed by atoms with Crippen molar-refractivity contribution in [2.24, 2.45) is 0 Å². The average molecular weight is 1050 g/mol. The SMILES string of the molecule is CCCCCCCCCCCCCCCCCCCCCCCCCCCCC(=O)OCC(COC(=O)CCCCCCCCCCCC)OC(=O)CCCCCCCCCCCCCCCCCCCCCC. The van der Waals surface area contributed by atoms with Crippen molar-refractivity contribution >= 4 is 17.9 Å². The largest absolute Gasteiger partial charge is 0.462 e. The van der Waals surface area contributed by atoms with Crippen LogP contribution in [0.15, 0.2) is 0 Å². The van der Waals surface area contributed by atoms with Crippen LogP contribution in [-0.2, 0) is 28.6 Å². The molecule has 0 spiro atoms. The summed E-state index contributed by atoms with van der Waals surface area (Å²) in [6.45, 7) is 6.72. The molecule has 0 rings (SSSR count). The van der Waals surface area contributed by atoms with Crippen LogP contribution in [0.2, 0.25) is 0 Å². The van der Waals surface area contributed by atoms with E-state index in [1.807, 2.05) is 0 Å². The highest BCUT2D eigenvalue weighted by Gasteiger charge is 2.19. The molecular weight excluding hydrogens is 913 g/mol. The summed E-state index contributed by atoms with van der Waals surface area (Å²) in [7, 11) is 0. The van der Waals surface area contributed by atoms with Crippen molar-refractivity contribution in [1.82, 2.24) is 0 Å². The number of unbranched alkanes of at least 4 members (excludes halogenated alkanes) is 53. The number of hydrogen-bond acceptors (Lipinski definition) is 6. The van der Waals surface area contributed by atoms with Gasteiger partial charge in [-0.05, 0) is 19.3 Å². The zero-order valence-electron chi connectivity index (χ0n) is 50.7. The molecule has 0 aliphatic carbocycles. The Labute approximate surface area is 463 Å². The van der Waals surface area contributed by atoms with Gasteiger partial charge in [0.05, 0.1) is 0 Å². The van der Waals surface area contributed by atoms with Gasteiger partial charge in [-0.1, -0.05) is 361 Å². The number of carbonyl (C=O) groups is 3. The summed E-state index contributed by atoms with van der Waals surface area (Å²) in [5, 5.41) is 0. The van der Waals surface area contributed by atoms with Crippen LogP contribution in [0.5, 0.6) is 0 Å². The first-order chi connectivity index (χ1) is 36.5. The van der Waals surface area contributed by atoms with E-state index in [-0.39, 0.29) is 31.1 Å². The van der Waals surface area contributed by atoms with Crippen molar-refractivity contribution in [2.75, 3.05) is 13.2 Å². The summed E-state index contributed by atoms with van der Waals surface area (Å²) in [5.74, 6) is -0.827. The van der Waals surface area contributed by atoms with Gasteiger partial charge in [0.2, 0.25) is 0 Å². The number of ether oxygens (including phenoxy) is 3. The molecule has 74 heavy (non-hydrogen) atoms. The molecule has 1 unspecified atom stereocenters. The monoisotopic (exact) mass is 1050 g/mol. The topological polar surface area (TPSA) is 78.9 Å². The van der Waals surface area contributed by atoms with Gasteiger partial charge in [-0.3, -0.25) is 14.4 Å². The smallest absolute Gasteiger partial charge is 0.306 e. The Kier molecular flexibility index (Phi) is 62.6. The number of hydrogen-bond donors (Lipinski definition) is 0. The lowest BCUT2D eigenvalue weighted by Crippen LogP contribution is -2.30. The highest BCUT2D eigenvalue weighted by molar-refractivity contribution is 5.71. The van der Waals surface area contributed by atoms with Crippen molar-refractivity contribution < 1.29 is 28.6 Å². The molecule has 0 bridgehead atoms. The molecule has 0 aliphatic heterocycles. The zero-order chi connectivity index (χ0) is 53.6. The molecule has 440 valence electrons. The van der Waals surface area contributed by atoms with Gasteiger partial charge in [0.25, 0.3) is 0 Å². The molecule has 0 fully saturated rings.